The highest BCUT2D eigenvalue weighted by atomic mass is 32.2. The van der Waals surface area contributed by atoms with Gasteiger partial charge >= 0.3 is 0 Å². The summed E-state index contributed by atoms with van der Waals surface area (Å²) in [5, 5.41) is 15.4. The van der Waals surface area contributed by atoms with E-state index in [0.29, 0.717) is 11.4 Å². The number of H-pyrrole nitrogens is 1. The van der Waals surface area contributed by atoms with Crippen LogP contribution in [0, 0.1) is 13.8 Å². The first kappa shape index (κ1) is 12.2. The molecule has 1 aromatic heterocycles. The van der Waals surface area contributed by atoms with E-state index in [2.05, 4.69) is 14.9 Å². The van der Waals surface area contributed by atoms with Crippen molar-refractivity contribution in [2.75, 3.05) is 6.54 Å². The van der Waals surface area contributed by atoms with E-state index in [0.717, 1.165) is 0 Å². The first-order chi connectivity index (χ1) is 6.84. The maximum atomic E-state index is 11.8. The molecule has 0 saturated heterocycles. The van der Waals surface area contributed by atoms with Crippen LogP contribution in [0.5, 0.6) is 0 Å². The zero-order valence-corrected chi connectivity index (χ0v) is 9.72. The van der Waals surface area contributed by atoms with Crippen LogP contribution in [0.2, 0.25) is 0 Å². The smallest absolute Gasteiger partial charge is 0.244 e. The molecule has 0 aliphatic rings. The summed E-state index contributed by atoms with van der Waals surface area (Å²) in [5.41, 5.74) is 0.913. The minimum Gasteiger partial charge on any atom is -0.392 e. The fourth-order valence-corrected chi connectivity index (χ4v) is 2.73. The predicted octanol–water partition coefficient (Wildman–Crippen LogP) is -0.314. The van der Waals surface area contributed by atoms with Crippen molar-refractivity contribution in [2.24, 2.45) is 0 Å². The summed E-state index contributed by atoms with van der Waals surface area (Å²) in [6, 6.07) is 0. The van der Waals surface area contributed by atoms with Gasteiger partial charge in [-0.2, -0.15) is 5.10 Å². The number of hydrogen-bond donors (Lipinski definition) is 3. The third-order valence-electron chi connectivity index (χ3n) is 1.90. The Morgan fingerprint density at radius 2 is 2.13 bits per heavy atom. The fourth-order valence-electron chi connectivity index (χ4n) is 1.24. The SMILES string of the molecule is Cc1n[nH]c(C)c1S(=O)(=O)NC[C@H](C)O. The Morgan fingerprint density at radius 3 is 2.53 bits per heavy atom. The summed E-state index contributed by atoms with van der Waals surface area (Å²) in [6.45, 7) is 4.75. The number of nitrogens with zero attached hydrogens (tertiary/aromatic N) is 1. The van der Waals surface area contributed by atoms with E-state index in [4.69, 9.17) is 5.11 Å². The molecule has 0 fully saturated rings. The molecule has 0 unspecified atom stereocenters. The van der Waals surface area contributed by atoms with Crippen LogP contribution < -0.4 is 4.72 Å². The lowest BCUT2D eigenvalue weighted by molar-refractivity contribution is 0.198. The highest BCUT2D eigenvalue weighted by molar-refractivity contribution is 7.89. The summed E-state index contributed by atoms with van der Waals surface area (Å²) >= 11 is 0. The van der Waals surface area contributed by atoms with Crippen molar-refractivity contribution in [3.63, 3.8) is 0 Å². The van der Waals surface area contributed by atoms with Gasteiger partial charge in [0.1, 0.15) is 4.90 Å². The van der Waals surface area contributed by atoms with E-state index >= 15 is 0 Å². The molecule has 0 bridgehead atoms. The maximum Gasteiger partial charge on any atom is 0.244 e. The molecule has 1 rings (SSSR count). The van der Waals surface area contributed by atoms with Crippen LogP contribution in [-0.2, 0) is 10.0 Å². The van der Waals surface area contributed by atoms with Gasteiger partial charge in [-0.3, -0.25) is 5.10 Å². The van der Waals surface area contributed by atoms with Crippen molar-refractivity contribution < 1.29 is 13.5 Å². The second-order valence-electron chi connectivity index (χ2n) is 3.46. The van der Waals surface area contributed by atoms with Crippen LogP contribution in [0.3, 0.4) is 0 Å². The molecule has 0 aliphatic carbocycles. The first-order valence-electron chi connectivity index (χ1n) is 4.54. The third-order valence-corrected chi connectivity index (χ3v) is 3.58. The molecular formula is C8H15N3O3S. The van der Waals surface area contributed by atoms with Crippen LogP contribution in [-0.4, -0.2) is 36.4 Å². The number of nitrogens with one attached hydrogen (secondary N) is 2. The van der Waals surface area contributed by atoms with Gasteiger partial charge in [0.2, 0.25) is 10.0 Å². The number of aliphatic hydroxyl groups excluding tert-OH is 1. The largest absolute Gasteiger partial charge is 0.392 e. The van der Waals surface area contributed by atoms with Gasteiger partial charge < -0.3 is 5.11 Å². The lowest BCUT2D eigenvalue weighted by Crippen LogP contribution is -2.31. The standard InChI is InChI=1S/C8H15N3O3S/c1-5(12)4-9-15(13,14)8-6(2)10-11-7(8)3/h5,9,12H,4H2,1-3H3,(H,10,11)/t5-/m0/s1. The number of aromatic nitrogens is 2. The Hall–Kier alpha value is -0.920. The zero-order chi connectivity index (χ0) is 11.6. The van der Waals surface area contributed by atoms with Gasteiger partial charge in [-0.15, -0.1) is 0 Å². The Labute approximate surface area is 88.8 Å². The molecular weight excluding hydrogens is 218 g/mol. The van der Waals surface area contributed by atoms with Gasteiger partial charge in [0.15, 0.2) is 0 Å². The van der Waals surface area contributed by atoms with E-state index in [-0.39, 0.29) is 11.4 Å². The molecule has 15 heavy (non-hydrogen) atoms. The van der Waals surface area contributed by atoms with E-state index in [1.54, 1.807) is 13.8 Å². The number of aryl methyl sites for hydroxylation is 2. The summed E-state index contributed by atoms with van der Waals surface area (Å²) in [4.78, 5) is 0.156. The second kappa shape index (κ2) is 4.30. The lowest BCUT2D eigenvalue weighted by Gasteiger charge is -2.08. The predicted molar refractivity (Wildman–Crippen MR) is 54.9 cm³/mol. The van der Waals surface area contributed by atoms with Crippen LogP contribution in [0.4, 0.5) is 0 Å². The molecule has 0 spiro atoms. The molecule has 1 heterocycles. The average molecular weight is 233 g/mol. The van der Waals surface area contributed by atoms with E-state index in [9.17, 15) is 8.42 Å². The highest BCUT2D eigenvalue weighted by Gasteiger charge is 2.21. The van der Waals surface area contributed by atoms with Gasteiger partial charge in [-0.25, -0.2) is 13.1 Å². The van der Waals surface area contributed by atoms with E-state index < -0.39 is 16.1 Å². The van der Waals surface area contributed by atoms with Gasteiger partial charge in [0.25, 0.3) is 0 Å². The van der Waals surface area contributed by atoms with Gasteiger partial charge in [0, 0.05) is 6.54 Å². The Kier molecular flexibility index (Phi) is 3.48. The maximum absolute atomic E-state index is 11.8. The van der Waals surface area contributed by atoms with E-state index in [1.807, 2.05) is 0 Å². The number of aliphatic hydroxyl groups is 1. The Balaban J connectivity index is 2.96. The first-order valence-corrected chi connectivity index (χ1v) is 6.02. The number of rotatable bonds is 4. The third kappa shape index (κ3) is 2.77. The topological polar surface area (TPSA) is 95.1 Å². The van der Waals surface area contributed by atoms with Crippen molar-refractivity contribution in [3.05, 3.63) is 11.4 Å². The van der Waals surface area contributed by atoms with Crippen molar-refractivity contribution >= 4 is 10.0 Å². The second-order valence-corrected chi connectivity index (χ2v) is 5.17. The normalized spacial score (nSPS) is 14.1. The quantitative estimate of drug-likeness (QED) is 0.664. The van der Waals surface area contributed by atoms with Crippen molar-refractivity contribution in [3.8, 4) is 0 Å². The number of aromatic amines is 1. The molecule has 0 amide bonds. The molecule has 86 valence electrons. The molecule has 0 aromatic carbocycles. The summed E-state index contributed by atoms with van der Waals surface area (Å²) in [5.74, 6) is 0. The lowest BCUT2D eigenvalue weighted by atomic mass is 10.4. The van der Waals surface area contributed by atoms with Crippen molar-refractivity contribution in [2.45, 2.75) is 31.8 Å². The van der Waals surface area contributed by atoms with Crippen LogP contribution in [0.1, 0.15) is 18.3 Å². The summed E-state index contributed by atoms with van der Waals surface area (Å²) in [6.07, 6.45) is -0.715. The summed E-state index contributed by atoms with van der Waals surface area (Å²) in [7, 11) is -3.58. The number of hydrogen-bond acceptors (Lipinski definition) is 4. The van der Waals surface area contributed by atoms with E-state index in [1.165, 1.54) is 6.92 Å². The average Bonchev–Trinajstić information content (AvgIpc) is 2.43. The number of sulfonamides is 1. The molecule has 0 radical (unpaired) electrons. The zero-order valence-electron chi connectivity index (χ0n) is 8.90. The minimum atomic E-state index is -3.58. The molecule has 1 aromatic rings. The fraction of sp³-hybridized carbons (Fsp3) is 0.625. The Bertz CT molecular complexity index is 416. The van der Waals surface area contributed by atoms with Crippen LogP contribution in [0.25, 0.3) is 0 Å². The molecule has 1 atom stereocenters. The molecule has 6 nitrogen and oxygen atoms in total. The molecule has 0 saturated carbocycles. The van der Waals surface area contributed by atoms with Gasteiger partial charge in [-0.05, 0) is 20.8 Å². The van der Waals surface area contributed by atoms with Gasteiger partial charge in [-0.1, -0.05) is 0 Å². The summed E-state index contributed by atoms with van der Waals surface area (Å²) < 4.78 is 25.8. The highest BCUT2D eigenvalue weighted by Crippen LogP contribution is 2.15. The molecule has 7 heteroatoms. The Morgan fingerprint density at radius 1 is 1.53 bits per heavy atom. The van der Waals surface area contributed by atoms with Crippen molar-refractivity contribution in [1.82, 2.24) is 14.9 Å². The van der Waals surface area contributed by atoms with Crippen LogP contribution >= 0.6 is 0 Å². The minimum absolute atomic E-state index is 0.00755. The monoisotopic (exact) mass is 233 g/mol. The molecule has 3 N–H and O–H groups in total. The van der Waals surface area contributed by atoms with Crippen LogP contribution in [0.15, 0.2) is 4.90 Å². The van der Waals surface area contributed by atoms with Gasteiger partial charge in [0.05, 0.1) is 17.5 Å². The van der Waals surface area contributed by atoms with Crippen molar-refractivity contribution in [1.29, 1.82) is 0 Å². The molecule has 0 aliphatic heterocycles.